The first kappa shape index (κ1) is 13.9. The van der Waals surface area contributed by atoms with Crippen molar-refractivity contribution in [3.63, 3.8) is 0 Å². The molecule has 0 radical (unpaired) electrons. The van der Waals surface area contributed by atoms with Crippen LogP contribution < -0.4 is 5.32 Å². The lowest BCUT2D eigenvalue weighted by molar-refractivity contribution is -0.384. The first-order valence-corrected chi connectivity index (χ1v) is 7.28. The van der Waals surface area contributed by atoms with E-state index in [4.69, 9.17) is 11.6 Å². The zero-order valence-corrected chi connectivity index (χ0v) is 12.1. The average molecular weight is 303 g/mol. The van der Waals surface area contributed by atoms with Crippen LogP contribution in [0.3, 0.4) is 0 Å². The van der Waals surface area contributed by atoms with Gasteiger partial charge in [0, 0.05) is 18.3 Å². The zero-order chi connectivity index (χ0) is 14.8. The molecule has 0 aromatic heterocycles. The predicted molar refractivity (Wildman–Crippen MR) is 83.9 cm³/mol. The summed E-state index contributed by atoms with van der Waals surface area (Å²) in [7, 11) is 0. The second-order valence-electron chi connectivity index (χ2n) is 5.29. The number of hydrogen-bond acceptors (Lipinski definition) is 3. The third kappa shape index (κ3) is 3.34. The first-order chi connectivity index (χ1) is 10.1. The van der Waals surface area contributed by atoms with Crippen LogP contribution in [0.4, 0.5) is 11.4 Å². The van der Waals surface area contributed by atoms with Crippen molar-refractivity contribution >= 4 is 23.0 Å². The highest BCUT2D eigenvalue weighted by molar-refractivity contribution is 6.32. The van der Waals surface area contributed by atoms with Gasteiger partial charge in [-0.15, -0.1) is 0 Å². The summed E-state index contributed by atoms with van der Waals surface area (Å²) >= 11 is 5.89. The maximum Gasteiger partial charge on any atom is 0.288 e. The molecule has 0 unspecified atom stereocenters. The molecule has 3 rings (SSSR count). The molecule has 1 N–H and O–H groups in total. The fourth-order valence-corrected chi connectivity index (χ4v) is 2.54. The SMILES string of the molecule is O=[N+]([O-])c1ccc(NCc2ccc(C3CC3)cc2)cc1Cl. The molecule has 0 heterocycles. The first-order valence-electron chi connectivity index (χ1n) is 6.90. The van der Waals surface area contributed by atoms with Gasteiger partial charge in [0.25, 0.3) is 5.69 Å². The van der Waals surface area contributed by atoms with Crippen LogP contribution in [-0.4, -0.2) is 4.92 Å². The van der Waals surface area contributed by atoms with E-state index < -0.39 is 4.92 Å². The van der Waals surface area contributed by atoms with Gasteiger partial charge in [-0.25, -0.2) is 0 Å². The molecule has 0 aliphatic heterocycles. The van der Waals surface area contributed by atoms with Crippen molar-refractivity contribution in [3.8, 4) is 0 Å². The molecule has 0 bridgehead atoms. The lowest BCUT2D eigenvalue weighted by atomic mass is 10.1. The lowest BCUT2D eigenvalue weighted by Gasteiger charge is -2.08. The van der Waals surface area contributed by atoms with Crippen LogP contribution in [0.15, 0.2) is 42.5 Å². The molecule has 4 nitrogen and oxygen atoms in total. The van der Waals surface area contributed by atoms with Gasteiger partial charge in [-0.2, -0.15) is 0 Å². The number of rotatable bonds is 5. The molecular formula is C16H15ClN2O2. The highest BCUT2D eigenvalue weighted by Crippen LogP contribution is 2.39. The van der Waals surface area contributed by atoms with E-state index in [2.05, 4.69) is 29.6 Å². The number of nitro groups is 1. The minimum Gasteiger partial charge on any atom is -0.381 e. The van der Waals surface area contributed by atoms with Crippen molar-refractivity contribution < 1.29 is 4.92 Å². The number of halogens is 1. The van der Waals surface area contributed by atoms with E-state index >= 15 is 0 Å². The Balaban J connectivity index is 1.64. The van der Waals surface area contributed by atoms with Crippen LogP contribution in [0.1, 0.15) is 29.9 Å². The average Bonchev–Trinajstić information content (AvgIpc) is 3.30. The Morgan fingerprint density at radius 1 is 1.19 bits per heavy atom. The van der Waals surface area contributed by atoms with Gasteiger partial charge in [-0.3, -0.25) is 10.1 Å². The van der Waals surface area contributed by atoms with E-state index in [0.717, 1.165) is 11.6 Å². The number of nitrogens with one attached hydrogen (secondary N) is 1. The molecule has 2 aromatic carbocycles. The molecule has 1 aliphatic rings. The highest BCUT2D eigenvalue weighted by atomic mass is 35.5. The summed E-state index contributed by atoms with van der Waals surface area (Å²) in [5, 5.41) is 14.1. The zero-order valence-electron chi connectivity index (χ0n) is 11.4. The normalized spacial score (nSPS) is 14.0. The Kier molecular flexibility index (Phi) is 3.80. The summed E-state index contributed by atoms with van der Waals surface area (Å²) in [6, 6.07) is 13.3. The Bertz CT molecular complexity index is 666. The van der Waals surface area contributed by atoms with Crippen molar-refractivity contribution in [1.29, 1.82) is 0 Å². The van der Waals surface area contributed by atoms with Crippen molar-refractivity contribution in [2.75, 3.05) is 5.32 Å². The third-order valence-corrected chi connectivity index (χ3v) is 3.97. The molecule has 0 amide bonds. The van der Waals surface area contributed by atoms with Gasteiger partial charge in [0.1, 0.15) is 5.02 Å². The largest absolute Gasteiger partial charge is 0.381 e. The highest BCUT2D eigenvalue weighted by Gasteiger charge is 2.22. The fraction of sp³-hybridized carbons (Fsp3) is 0.250. The second-order valence-corrected chi connectivity index (χ2v) is 5.70. The molecule has 1 fully saturated rings. The summed E-state index contributed by atoms with van der Waals surface area (Å²) in [6.45, 7) is 0.666. The van der Waals surface area contributed by atoms with E-state index in [1.165, 1.54) is 30.0 Å². The van der Waals surface area contributed by atoms with Crippen LogP contribution in [0.25, 0.3) is 0 Å². The Labute approximate surface area is 127 Å². The number of nitrogens with zero attached hydrogens (tertiary/aromatic N) is 1. The van der Waals surface area contributed by atoms with Gasteiger partial charge in [-0.05, 0) is 42.0 Å². The summed E-state index contributed by atoms with van der Waals surface area (Å²) < 4.78 is 0. The van der Waals surface area contributed by atoms with Gasteiger partial charge in [0.15, 0.2) is 0 Å². The van der Waals surface area contributed by atoms with Crippen LogP contribution in [-0.2, 0) is 6.54 Å². The molecule has 5 heteroatoms. The molecule has 0 atom stereocenters. The Morgan fingerprint density at radius 3 is 2.48 bits per heavy atom. The standard InChI is InChI=1S/C16H15ClN2O2/c17-15-9-14(7-8-16(15)19(20)21)18-10-11-1-3-12(4-2-11)13-5-6-13/h1-4,7-9,13,18H,5-6,10H2. The van der Waals surface area contributed by atoms with Crippen LogP contribution >= 0.6 is 11.6 Å². The van der Waals surface area contributed by atoms with Crippen molar-refractivity contribution in [1.82, 2.24) is 0 Å². The summed E-state index contributed by atoms with van der Waals surface area (Å²) in [6.07, 6.45) is 2.61. The van der Waals surface area contributed by atoms with E-state index in [1.54, 1.807) is 12.1 Å². The van der Waals surface area contributed by atoms with Crippen molar-refractivity contribution in [2.45, 2.75) is 25.3 Å². The number of anilines is 1. The molecule has 0 saturated heterocycles. The lowest BCUT2D eigenvalue weighted by Crippen LogP contribution is -2.00. The summed E-state index contributed by atoms with van der Waals surface area (Å²) in [5.41, 5.74) is 3.29. The molecule has 0 spiro atoms. The molecule has 1 saturated carbocycles. The van der Waals surface area contributed by atoms with Crippen LogP contribution in [0.2, 0.25) is 5.02 Å². The van der Waals surface area contributed by atoms with Gasteiger partial charge >= 0.3 is 0 Å². The topological polar surface area (TPSA) is 55.2 Å². The predicted octanol–water partition coefficient (Wildman–Crippen LogP) is 4.74. The molecule has 108 valence electrons. The van der Waals surface area contributed by atoms with E-state index in [0.29, 0.717) is 6.54 Å². The van der Waals surface area contributed by atoms with E-state index in [9.17, 15) is 10.1 Å². The van der Waals surface area contributed by atoms with Gasteiger partial charge in [0.2, 0.25) is 0 Å². The van der Waals surface area contributed by atoms with Gasteiger partial charge in [-0.1, -0.05) is 35.9 Å². The fourth-order valence-electron chi connectivity index (χ4n) is 2.29. The van der Waals surface area contributed by atoms with Crippen molar-refractivity contribution in [3.05, 3.63) is 68.7 Å². The number of benzene rings is 2. The van der Waals surface area contributed by atoms with Crippen LogP contribution in [0, 0.1) is 10.1 Å². The van der Waals surface area contributed by atoms with E-state index in [-0.39, 0.29) is 10.7 Å². The summed E-state index contributed by atoms with van der Waals surface area (Å²) in [5.74, 6) is 0.764. The number of nitro benzene ring substituents is 1. The third-order valence-electron chi connectivity index (χ3n) is 3.67. The molecule has 1 aliphatic carbocycles. The molecular weight excluding hydrogens is 288 g/mol. The Morgan fingerprint density at radius 2 is 1.90 bits per heavy atom. The maximum absolute atomic E-state index is 10.7. The molecule has 2 aromatic rings. The second kappa shape index (κ2) is 5.74. The monoisotopic (exact) mass is 302 g/mol. The Hall–Kier alpha value is -2.07. The van der Waals surface area contributed by atoms with Gasteiger partial charge < -0.3 is 5.32 Å². The summed E-state index contributed by atoms with van der Waals surface area (Å²) in [4.78, 5) is 10.2. The molecule has 21 heavy (non-hydrogen) atoms. The van der Waals surface area contributed by atoms with E-state index in [1.807, 2.05) is 0 Å². The smallest absolute Gasteiger partial charge is 0.288 e. The maximum atomic E-state index is 10.7. The minimum absolute atomic E-state index is 0.0731. The van der Waals surface area contributed by atoms with Crippen molar-refractivity contribution in [2.24, 2.45) is 0 Å². The van der Waals surface area contributed by atoms with Crippen LogP contribution in [0.5, 0.6) is 0 Å². The number of hydrogen-bond donors (Lipinski definition) is 1. The quantitative estimate of drug-likeness (QED) is 0.641. The van der Waals surface area contributed by atoms with Gasteiger partial charge in [0.05, 0.1) is 4.92 Å². The minimum atomic E-state index is -0.483.